The second kappa shape index (κ2) is 6.48. The van der Waals surface area contributed by atoms with Crippen LogP contribution in [0, 0.1) is 5.92 Å². The summed E-state index contributed by atoms with van der Waals surface area (Å²) < 4.78 is 5.98. The highest BCUT2D eigenvalue weighted by Crippen LogP contribution is 2.25. The van der Waals surface area contributed by atoms with Crippen LogP contribution in [0.3, 0.4) is 0 Å². The van der Waals surface area contributed by atoms with E-state index in [1.54, 1.807) is 0 Å². The molecule has 1 aromatic rings. The summed E-state index contributed by atoms with van der Waals surface area (Å²) >= 11 is 0. The Morgan fingerprint density at radius 1 is 1.29 bits per heavy atom. The van der Waals surface area contributed by atoms with Crippen LogP contribution >= 0.6 is 0 Å². The molecule has 3 rings (SSSR count). The zero-order chi connectivity index (χ0) is 14.7. The molecule has 0 radical (unpaired) electrons. The lowest BCUT2D eigenvalue weighted by atomic mass is 10.1. The highest BCUT2D eigenvalue weighted by Gasteiger charge is 2.26. The van der Waals surface area contributed by atoms with E-state index < -0.39 is 0 Å². The van der Waals surface area contributed by atoms with E-state index in [2.05, 4.69) is 0 Å². The van der Waals surface area contributed by atoms with E-state index in [4.69, 9.17) is 10.5 Å². The minimum absolute atomic E-state index is 0.0998. The molecule has 1 saturated carbocycles. The summed E-state index contributed by atoms with van der Waals surface area (Å²) in [6.45, 7) is 2.26. The van der Waals surface area contributed by atoms with E-state index in [0.717, 1.165) is 43.7 Å². The molecule has 2 N–H and O–H groups in total. The molecule has 114 valence electrons. The van der Waals surface area contributed by atoms with Crippen molar-refractivity contribution in [2.45, 2.75) is 38.2 Å². The summed E-state index contributed by atoms with van der Waals surface area (Å²) in [5.74, 6) is 1.37. The van der Waals surface area contributed by atoms with E-state index in [-0.39, 0.29) is 5.91 Å². The lowest BCUT2D eigenvalue weighted by molar-refractivity contribution is 0.0787. The first-order valence-corrected chi connectivity index (χ1v) is 8.02. The predicted molar refractivity (Wildman–Crippen MR) is 82.4 cm³/mol. The van der Waals surface area contributed by atoms with Gasteiger partial charge in [-0.15, -0.1) is 0 Å². The number of rotatable bonds is 4. The SMILES string of the molecule is NC[C@H]1CCN(C(=O)c2cccc(OC3CCCC3)c2)C1. The number of nitrogens with zero attached hydrogens (tertiary/aromatic N) is 1. The van der Waals surface area contributed by atoms with Gasteiger partial charge in [-0.1, -0.05) is 6.07 Å². The van der Waals surface area contributed by atoms with Crippen LogP contribution in [-0.4, -0.2) is 36.5 Å². The number of carbonyl (C=O) groups is 1. The molecule has 21 heavy (non-hydrogen) atoms. The van der Waals surface area contributed by atoms with Crippen LogP contribution in [0.4, 0.5) is 0 Å². The van der Waals surface area contributed by atoms with Gasteiger partial charge in [-0.25, -0.2) is 0 Å². The first-order valence-electron chi connectivity index (χ1n) is 8.02. The van der Waals surface area contributed by atoms with Crippen LogP contribution in [0.5, 0.6) is 5.75 Å². The highest BCUT2D eigenvalue weighted by atomic mass is 16.5. The van der Waals surface area contributed by atoms with E-state index in [1.165, 1.54) is 12.8 Å². The summed E-state index contributed by atoms with van der Waals surface area (Å²) in [7, 11) is 0. The molecule has 2 aliphatic rings. The minimum atomic E-state index is 0.0998. The van der Waals surface area contributed by atoms with Gasteiger partial charge in [0.25, 0.3) is 5.91 Å². The third kappa shape index (κ3) is 3.38. The van der Waals surface area contributed by atoms with Crippen LogP contribution < -0.4 is 10.5 Å². The number of carbonyl (C=O) groups excluding carboxylic acids is 1. The fraction of sp³-hybridized carbons (Fsp3) is 0.588. The molecule has 4 heteroatoms. The molecule has 1 aliphatic carbocycles. The summed E-state index contributed by atoms with van der Waals surface area (Å²) in [5, 5.41) is 0. The van der Waals surface area contributed by atoms with Crippen molar-refractivity contribution in [3.8, 4) is 5.75 Å². The number of ether oxygens (including phenoxy) is 1. The topological polar surface area (TPSA) is 55.6 Å². The fourth-order valence-corrected chi connectivity index (χ4v) is 3.29. The molecular formula is C17H24N2O2. The minimum Gasteiger partial charge on any atom is -0.490 e. The second-order valence-electron chi connectivity index (χ2n) is 6.19. The maximum atomic E-state index is 12.5. The average Bonchev–Trinajstić information content (AvgIpc) is 3.17. The maximum absolute atomic E-state index is 12.5. The van der Waals surface area contributed by atoms with Gasteiger partial charge >= 0.3 is 0 Å². The van der Waals surface area contributed by atoms with Crippen molar-refractivity contribution >= 4 is 5.91 Å². The fourth-order valence-electron chi connectivity index (χ4n) is 3.29. The molecule has 1 heterocycles. The van der Waals surface area contributed by atoms with Crippen LogP contribution in [0.15, 0.2) is 24.3 Å². The molecule has 0 bridgehead atoms. The van der Waals surface area contributed by atoms with Gasteiger partial charge in [0.05, 0.1) is 6.10 Å². The second-order valence-corrected chi connectivity index (χ2v) is 6.19. The van der Waals surface area contributed by atoms with Crippen LogP contribution in [0.25, 0.3) is 0 Å². The Hall–Kier alpha value is -1.55. The first kappa shape index (κ1) is 14.4. The lowest BCUT2D eigenvalue weighted by Crippen LogP contribution is -2.29. The van der Waals surface area contributed by atoms with Crippen LogP contribution in [0.2, 0.25) is 0 Å². The molecular weight excluding hydrogens is 264 g/mol. The van der Waals surface area contributed by atoms with E-state index >= 15 is 0 Å². The van der Waals surface area contributed by atoms with Crippen LogP contribution in [0.1, 0.15) is 42.5 Å². The van der Waals surface area contributed by atoms with Gasteiger partial charge in [-0.3, -0.25) is 4.79 Å². The van der Waals surface area contributed by atoms with Gasteiger partial charge < -0.3 is 15.4 Å². The van der Waals surface area contributed by atoms with Crippen molar-refractivity contribution in [2.24, 2.45) is 11.7 Å². The largest absolute Gasteiger partial charge is 0.490 e. The zero-order valence-corrected chi connectivity index (χ0v) is 12.5. The normalized spacial score (nSPS) is 22.7. The number of nitrogens with two attached hydrogens (primary N) is 1. The molecule has 1 atom stereocenters. The zero-order valence-electron chi connectivity index (χ0n) is 12.5. The third-order valence-corrected chi connectivity index (χ3v) is 4.59. The standard InChI is InChI=1S/C17H24N2O2/c18-11-13-8-9-19(12-13)17(20)14-4-3-7-16(10-14)21-15-5-1-2-6-15/h3-4,7,10,13,15H,1-2,5-6,8-9,11-12,18H2/t13-/m1/s1. The monoisotopic (exact) mass is 288 g/mol. The molecule has 0 unspecified atom stereocenters. The first-order chi connectivity index (χ1) is 10.3. The van der Waals surface area contributed by atoms with Crippen LogP contribution in [-0.2, 0) is 0 Å². The number of amides is 1. The Morgan fingerprint density at radius 2 is 2.10 bits per heavy atom. The number of hydrogen-bond donors (Lipinski definition) is 1. The summed E-state index contributed by atoms with van der Waals surface area (Å²) in [4.78, 5) is 14.4. The quantitative estimate of drug-likeness (QED) is 0.925. The number of likely N-dealkylation sites (tertiary alicyclic amines) is 1. The number of hydrogen-bond acceptors (Lipinski definition) is 3. The third-order valence-electron chi connectivity index (χ3n) is 4.59. The van der Waals surface area contributed by atoms with Crippen molar-refractivity contribution in [2.75, 3.05) is 19.6 Å². The summed E-state index contributed by atoms with van der Waals surface area (Å²) in [6, 6.07) is 7.62. The Kier molecular flexibility index (Phi) is 4.44. The van der Waals surface area contributed by atoms with Crippen molar-refractivity contribution in [1.82, 2.24) is 4.90 Å². The summed E-state index contributed by atoms with van der Waals surface area (Å²) in [5.41, 5.74) is 6.42. The molecule has 0 aromatic heterocycles. The lowest BCUT2D eigenvalue weighted by Gasteiger charge is -2.18. The molecule has 1 saturated heterocycles. The van der Waals surface area contributed by atoms with Crippen molar-refractivity contribution in [3.63, 3.8) is 0 Å². The summed E-state index contributed by atoms with van der Waals surface area (Å²) in [6.07, 6.45) is 6.09. The van der Waals surface area contributed by atoms with Gasteiger partial charge in [0.2, 0.25) is 0 Å². The Labute approximate surface area is 126 Å². The number of benzene rings is 1. The predicted octanol–water partition coefficient (Wildman–Crippen LogP) is 2.43. The van der Waals surface area contributed by atoms with E-state index in [9.17, 15) is 4.79 Å². The maximum Gasteiger partial charge on any atom is 0.253 e. The van der Waals surface area contributed by atoms with Crippen molar-refractivity contribution in [1.29, 1.82) is 0 Å². The van der Waals surface area contributed by atoms with Crippen molar-refractivity contribution < 1.29 is 9.53 Å². The Morgan fingerprint density at radius 3 is 2.81 bits per heavy atom. The van der Waals surface area contributed by atoms with Gasteiger partial charge in [0, 0.05) is 18.7 Å². The molecule has 2 fully saturated rings. The van der Waals surface area contributed by atoms with E-state index in [0.29, 0.717) is 18.6 Å². The van der Waals surface area contributed by atoms with Gasteiger partial charge in [-0.05, 0) is 62.8 Å². The molecule has 4 nitrogen and oxygen atoms in total. The van der Waals surface area contributed by atoms with Gasteiger partial charge in [0.15, 0.2) is 0 Å². The average molecular weight is 288 g/mol. The molecule has 0 spiro atoms. The van der Waals surface area contributed by atoms with Crippen molar-refractivity contribution in [3.05, 3.63) is 29.8 Å². The smallest absolute Gasteiger partial charge is 0.253 e. The van der Waals surface area contributed by atoms with Gasteiger partial charge in [-0.2, -0.15) is 0 Å². The Balaban J connectivity index is 1.66. The molecule has 1 aliphatic heterocycles. The Bertz CT molecular complexity index is 497. The highest BCUT2D eigenvalue weighted by molar-refractivity contribution is 5.94. The van der Waals surface area contributed by atoms with Gasteiger partial charge in [0.1, 0.15) is 5.75 Å². The molecule has 1 aromatic carbocycles. The molecule has 1 amide bonds. The van der Waals surface area contributed by atoms with E-state index in [1.807, 2.05) is 29.2 Å².